The molecule has 0 fully saturated rings. The first kappa shape index (κ1) is 20.2. The number of unbranched alkanes of at least 4 members (excludes halogenated alkanes) is 1. The van der Waals surface area contributed by atoms with E-state index in [1.54, 1.807) is 0 Å². The summed E-state index contributed by atoms with van der Waals surface area (Å²) in [5.74, 6) is 0.917. The molecule has 7 heteroatoms. The Kier molecular flexibility index (Phi) is 12.4. The van der Waals surface area contributed by atoms with E-state index < -0.39 is 9.84 Å². The molecule has 2 N–H and O–H groups in total. The lowest BCUT2D eigenvalue weighted by Gasteiger charge is -2.11. The van der Waals surface area contributed by atoms with Gasteiger partial charge in [0.2, 0.25) is 0 Å². The second-order valence-electron chi connectivity index (χ2n) is 4.99. The maximum absolute atomic E-state index is 11.0. The van der Waals surface area contributed by atoms with Gasteiger partial charge in [-0.3, -0.25) is 4.99 Å². The molecule has 6 nitrogen and oxygen atoms in total. The van der Waals surface area contributed by atoms with E-state index in [2.05, 4.69) is 22.5 Å². The third-order valence-electron chi connectivity index (χ3n) is 2.69. The predicted octanol–water partition coefficient (Wildman–Crippen LogP) is 1.18. The Morgan fingerprint density at radius 3 is 2.43 bits per heavy atom. The van der Waals surface area contributed by atoms with E-state index in [9.17, 15) is 8.42 Å². The van der Waals surface area contributed by atoms with Crippen molar-refractivity contribution in [3.8, 4) is 0 Å². The van der Waals surface area contributed by atoms with Crippen LogP contribution in [0.2, 0.25) is 0 Å². The third-order valence-corrected chi connectivity index (χ3v) is 3.72. The highest BCUT2D eigenvalue weighted by Crippen LogP contribution is 1.91. The predicted molar refractivity (Wildman–Crippen MR) is 88.7 cm³/mol. The van der Waals surface area contributed by atoms with Gasteiger partial charge in [-0.2, -0.15) is 0 Å². The highest BCUT2D eigenvalue weighted by molar-refractivity contribution is 7.90. The van der Waals surface area contributed by atoms with Gasteiger partial charge < -0.3 is 15.4 Å². The van der Waals surface area contributed by atoms with Crippen LogP contribution >= 0.6 is 0 Å². The van der Waals surface area contributed by atoms with Crippen LogP contribution in [-0.2, 0) is 14.6 Å². The molecule has 0 aliphatic heterocycles. The van der Waals surface area contributed by atoms with Gasteiger partial charge in [0.15, 0.2) is 5.96 Å². The zero-order chi connectivity index (χ0) is 16.0. The van der Waals surface area contributed by atoms with E-state index in [0.717, 1.165) is 51.5 Å². The van der Waals surface area contributed by atoms with E-state index in [4.69, 9.17) is 4.74 Å². The zero-order valence-electron chi connectivity index (χ0n) is 13.7. The lowest BCUT2D eigenvalue weighted by Crippen LogP contribution is -2.38. The van der Waals surface area contributed by atoms with Crippen molar-refractivity contribution in [2.75, 3.05) is 44.9 Å². The molecule has 0 heterocycles. The van der Waals surface area contributed by atoms with Crippen LogP contribution in [0.25, 0.3) is 0 Å². The Bertz CT molecular complexity index is 370. The third kappa shape index (κ3) is 15.4. The summed E-state index contributed by atoms with van der Waals surface area (Å²) in [5, 5.41) is 6.36. The molecule has 0 spiro atoms. The highest BCUT2D eigenvalue weighted by Gasteiger charge is 2.01. The summed E-state index contributed by atoms with van der Waals surface area (Å²) in [6.45, 7) is 7.82. The van der Waals surface area contributed by atoms with Crippen molar-refractivity contribution in [1.29, 1.82) is 0 Å². The van der Waals surface area contributed by atoms with Gasteiger partial charge in [-0.25, -0.2) is 8.42 Å². The molecule has 21 heavy (non-hydrogen) atoms. The molecule has 0 saturated heterocycles. The van der Waals surface area contributed by atoms with Gasteiger partial charge in [0.25, 0.3) is 0 Å². The van der Waals surface area contributed by atoms with Crippen LogP contribution in [0.5, 0.6) is 0 Å². The number of rotatable bonds is 12. The molecule has 0 amide bonds. The summed E-state index contributed by atoms with van der Waals surface area (Å²) in [6.07, 6.45) is 4.99. The van der Waals surface area contributed by atoms with E-state index in [1.807, 2.05) is 6.92 Å². The topological polar surface area (TPSA) is 79.8 Å². The number of hydrogen-bond donors (Lipinski definition) is 2. The quantitative estimate of drug-likeness (QED) is 0.321. The monoisotopic (exact) mass is 321 g/mol. The zero-order valence-corrected chi connectivity index (χ0v) is 14.5. The fourth-order valence-corrected chi connectivity index (χ4v) is 2.24. The Morgan fingerprint density at radius 1 is 1.10 bits per heavy atom. The lowest BCUT2D eigenvalue weighted by molar-refractivity contribution is 0.129. The number of guanidine groups is 1. The van der Waals surface area contributed by atoms with E-state index >= 15 is 0 Å². The largest absolute Gasteiger partial charge is 0.381 e. The molecule has 0 atom stereocenters. The van der Waals surface area contributed by atoms with Crippen molar-refractivity contribution >= 4 is 15.8 Å². The van der Waals surface area contributed by atoms with Crippen molar-refractivity contribution < 1.29 is 13.2 Å². The molecule has 0 aliphatic carbocycles. The van der Waals surface area contributed by atoms with E-state index in [1.165, 1.54) is 6.26 Å². The van der Waals surface area contributed by atoms with Crippen LogP contribution in [-0.4, -0.2) is 59.2 Å². The smallest absolute Gasteiger partial charge is 0.191 e. The standard InChI is InChI=1S/C14H31N3O3S/c1-4-6-11-20-12-7-9-16-14(15-5-2)17-10-8-13-21(3,18)19/h4-13H2,1-3H3,(H2,15,16,17). The van der Waals surface area contributed by atoms with Crippen molar-refractivity contribution in [2.45, 2.75) is 39.5 Å². The van der Waals surface area contributed by atoms with Gasteiger partial charge in [-0.15, -0.1) is 0 Å². The molecule has 0 aromatic rings. The Hall–Kier alpha value is -0.820. The van der Waals surface area contributed by atoms with Gasteiger partial charge in [-0.05, 0) is 26.2 Å². The number of aliphatic imine (C=N–C) groups is 1. The number of sulfone groups is 1. The Balaban J connectivity index is 3.79. The van der Waals surface area contributed by atoms with E-state index in [0.29, 0.717) is 13.0 Å². The van der Waals surface area contributed by atoms with Crippen LogP contribution in [0.1, 0.15) is 39.5 Å². The first-order valence-corrected chi connectivity index (χ1v) is 9.83. The second-order valence-corrected chi connectivity index (χ2v) is 7.25. The second kappa shape index (κ2) is 12.9. The average molecular weight is 321 g/mol. The SMILES string of the molecule is CCCCOCCCNC(=NCCCS(C)(=O)=O)NCC. The molecule has 0 aromatic heterocycles. The minimum Gasteiger partial charge on any atom is -0.381 e. The van der Waals surface area contributed by atoms with Crippen LogP contribution in [0.15, 0.2) is 4.99 Å². The minimum atomic E-state index is -2.89. The highest BCUT2D eigenvalue weighted by atomic mass is 32.2. The molecular weight excluding hydrogens is 290 g/mol. The maximum atomic E-state index is 11.0. The molecule has 0 saturated carbocycles. The van der Waals surface area contributed by atoms with Crippen molar-refractivity contribution in [1.82, 2.24) is 10.6 Å². The summed E-state index contributed by atoms with van der Waals surface area (Å²) in [7, 11) is -2.89. The fourth-order valence-electron chi connectivity index (χ4n) is 1.59. The molecule has 0 rings (SSSR count). The molecular formula is C14H31N3O3S. The maximum Gasteiger partial charge on any atom is 0.191 e. The average Bonchev–Trinajstić information content (AvgIpc) is 2.41. The Morgan fingerprint density at radius 2 is 1.81 bits per heavy atom. The minimum absolute atomic E-state index is 0.182. The van der Waals surface area contributed by atoms with Gasteiger partial charge in [-0.1, -0.05) is 13.3 Å². The molecule has 0 aromatic carbocycles. The van der Waals surface area contributed by atoms with Gasteiger partial charge >= 0.3 is 0 Å². The normalized spacial score (nSPS) is 12.4. The van der Waals surface area contributed by atoms with E-state index in [-0.39, 0.29) is 5.75 Å². The van der Waals surface area contributed by atoms with Crippen LogP contribution in [0.3, 0.4) is 0 Å². The number of nitrogens with one attached hydrogen (secondary N) is 2. The number of ether oxygens (including phenoxy) is 1. The molecule has 0 radical (unpaired) electrons. The summed E-state index contributed by atoms with van der Waals surface area (Å²) in [5.41, 5.74) is 0. The fraction of sp³-hybridized carbons (Fsp3) is 0.929. The summed E-state index contributed by atoms with van der Waals surface area (Å²) in [6, 6.07) is 0. The first-order valence-electron chi connectivity index (χ1n) is 7.77. The first-order chi connectivity index (χ1) is 9.99. The van der Waals surface area contributed by atoms with Crippen molar-refractivity contribution in [3.63, 3.8) is 0 Å². The van der Waals surface area contributed by atoms with Gasteiger partial charge in [0, 0.05) is 39.1 Å². The molecule has 126 valence electrons. The van der Waals surface area contributed by atoms with Crippen LogP contribution in [0, 0.1) is 0 Å². The number of nitrogens with zero attached hydrogens (tertiary/aromatic N) is 1. The van der Waals surface area contributed by atoms with Crippen molar-refractivity contribution in [3.05, 3.63) is 0 Å². The summed E-state index contributed by atoms with van der Waals surface area (Å²) in [4.78, 5) is 4.35. The molecule has 0 bridgehead atoms. The summed E-state index contributed by atoms with van der Waals surface area (Å²) >= 11 is 0. The van der Waals surface area contributed by atoms with Crippen molar-refractivity contribution in [2.24, 2.45) is 4.99 Å². The Labute approximate surface area is 129 Å². The summed E-state index contributed by atoms with van der Waals surface area (Å²) < 4.78 is 27.5. The van der Waals surface area contributed by atoms with Crippen LogP contribution < -0.4 is 10.6 Å². The molecule has 0 aliphatic rings. The number of hydrogen-bond acceptors (Lipinski definition) is 4. The van der Waals surface area contributed by atoms with Gasteiger partial charge in [0.1, 0.15) is 9.84 Å². The van der Waals surface area contributed by atoms with Crippen LogP contribution in [0.4, 0.5) is 0 Å². The lowest BCUT2D eigenvalue weighted by atomic mass is 10.4. The molecule has 0 unspecified atom stereocenters. The van der Waals surface area contributed by atoms with Gasteiger partial charge in [0.05, 0.1) is 5.75 Å².